The Bertz CT molecular complexity index is 4210. The fourth-order valence-corrected chi connectivity index (χ4v) is 12.6. The molecule has 0 atom stereocenters. The van der Waals surface area contributed by atoms with Crippen molar-refractivity contribution in [2.75, 3.05) is 4.90 Å². The molecular formula is C67H41N. The lowest BCUT2D eigenvalue weighted by Crippen LogP contribution is -2.26. The molecule has 0 fully saturated rings. The second-order valence-corrected chi connectivity index (χ2v) is 18.7. The van der Waals surface area contributed by atoms with E-state index in [1.165, 1.54) is 120 Å². The maximum Gasteiger partial charge on any atom is 0.0726 e. The molecule has 2 aliphatic rings. The van der Waals surface area contributed by atoms with Crippen molar-refractivity contribution in [2.24, 2.45) is 0 Å². The van der Waals surface area contributed by atoms with E-state index in [9.17, 15) is 0 Å². The zero-order valence-corrected chi connectivity index (χ0v) is 37.1. The predicted octanol–water partition coefficient (Wildman–Crippen LogP) is 18.1. The second-order valence-electron chi connectivity index (χ2n) is 18.7. The van der Waals surface area contributed by atoms with Crippen molar-refractivity contribution in [2.45, 2.75) is 5.41 Å². The summed E-state index contributed by atoms with van der Waals surface area (Å²) in [6.07, 6.45) is 0. The molecule has 0 saturated heterocycles. The maximum atomic E-state index is 2.59. The van der Waals surface area contributed by atoms with Gasteiger partial charge in [-0.3, -0.25) is 0 Å². The van der Waals surface area contributed by atoms with Crippen molar-refractivity contribution in [3.63, 3.8) is 0 Å². The molecule has 0 aliphatic heterocycles. The van der Waals surface area contributed by atoms with Gasteiger partial charge in [0, 0.05) is 16.9 Å². The van der Waals surface area contributed by atoms with Gasteiger partial charge >= 0.3 is 0 Å². The van der Waals surface area contributed by atoms with Crippen molar-refractivity contribution in [3.8, 4) is 33.4 Å². The molecule has 0 aromatic heterocycles. The molecule has 68 heavy (non-hydrogen) atoms. The van der Waals surface area contributed by atoms with E-state index >= 15 is 0 Å². The molecule has 1 heteroatoms. The zero-order valence-electron chi connectivity index (χ0n) is 37.1. The molecule has 2 aliphatic carbocycles. The molecule has 0 heterocycles. The summed E-state index contributed by atoms with van der Waals surface area (Å²) in [6, 6.07) is 93.7. The highest BCUT2D eigenvalue weighted by Crippen LogP contribution is 2.64. The molecule has 0 unspecified atom stereocenters. The Balaban J connectivity index is 1.12. The van der Waals surface area contributed by atoms with E-state index in [0.29, 0.717) is 0 Å². The minimum absolute atomic E-state index is 0.522. The van der Waals surface area contributed by atoms with E-state index in [1.54, 1.807) is 0 Å². The van der Waals surface area contributed by atoms with E-state index in [1.807, 2.05) is 0 Å². The van der Waals surface area contributed by atoms with Gasteiger partial charge in [-0.2, -0.15) is 0 Å². The number of nitrogens with zero attached hydrogens (tertiary/aromatic N) is 1. The van der Waals surface area contributed by atoms with E-state index in [2.05, 4.69) is 254 Å². The van der Waals surface area contributed by atoms with Gasteiger partial charge in [-0.25, -0.2) is 0 Å². The quantitative estimate of drug-likeness (QED) is 0.159. The highest BCUT2D eigenvalue weighted by molar-refractivity contribution is 6.26. The number of hydrogen-bond acceptors (Lipinski definition) is 1. The van der Waals surface area contributed by atoms with E-state index < -0.39 is 5.41 Å². The highest BCUT2D eigenvalue weighted by atomic mass is 15.1. The molecule has 0 bridgehead atoms. The summed E-state index contributed by atoms with van der Waals surface area (Å²) in [5.41, 5.74) is 15.7. The van der Waals surface area contributed by atoms with Crippen molar-refractivity contribution in [1.82, 2.24) is 0 Å². The van der Waals surface area contributed by atoms with Gasteiger partial charge in [0.2, 0.25) is 0 Å². The third-order valence-electron chi connectivity index (χ3n) is 15.4. The van der Waals surface area contributed by atoms with Gasteiger partial charge in [0.05, 0.1) is 11.1 Å². The lowest BCUT2D eigenvalue weighted by Gasteiger charge is -2.33. The van der Waals surface area contributed by atoms with Crippen molar-refractivity contribution in [1.29, 1.82) is 0 Å². The van der Waals surface area contributed by atoms with Crippen LogP contribution in [0.15, 0.2) is 249 Å². The normalized spacial score (nSPS) is 13.1. The van der Waals surface area contributed by atoms with Gasteiger partial charge < -0.3 is 4.90 Å². The van der Waals surface area contributed by atoms with Crippen LogP contribution in [0.2, 0.25) is 0 Å². The Morgan fingerprint density at radius 3 is 1.29 bits per heavy atom. The molecule has 314 valence electrons. The monoisotopic (exact) mass is 859 g/mol. The first-order valence-corrected chi connectivity index (χ1v) is 23.7. The van der Waals surface area contributed by atoms with Crippen LogP contribution in [-0.4, -0.2) is 0 Å². The molecule has 0 radical (unpaired) electrons. The van der Waals surface area contributed by atoms with Gasteiger partial charge in [-0.1, -0.05) is 206 Å². The lowest BCUT2D eigenvalue weighted by atomic mass is 9.70. The number of fused-ring (bicyclic) bond motifs is 20. The number of rotatable bonds is 4. The smallest absolute Gasteiger partial charge is 0.0726 e. The third kappa shape index (κ3) is 5.05. The van der Waals surface area contributed by atoms with Gasteiger partial charge in [-0.05, 0) is 157 Å². The van der Waals surface area contributed by atoms with Crippen molar-refractivity contribution in [3.05, 3.63) is 271 Å². The van der Waals surface area contributed by atoms with E-state index in [-0.39, 0.29) is 0 Å². The molecule has 1 spiro atoms. The van der Waals surface area contributed by atoms with Crippen LogP contribution in [0.3, 0.4) is 0 Å². The van der Waals surface area contributed by atoms with E-state index in [0.717, 1.165) is 17.1 Å². The van der Waals surface area contributed by atoms with Crippen molar-refractivity contribution < 1.29 is 0 Å². The first kappa shape index (κ1) is 37.4. The number of benzene rings is 13. The van der Waals surface area contributed by atoms with Crippen LogP contribution in [0.25, 0.3) is 98.0 Å². The summed E-state index contributed by atoms with van der Waals surface area (Å²) in [6.45, 7) is 0. The number of hydrogen-bond donors (Lipinski definition) is 0. The predicted molar refractivity (Wildman–Crippen MR) is 288 cm³/mol. The van der Waals surface area contributed by atoms with Crippen molar-refractivity contribution >= 4 is 81.7 Å². The topological polar surface area (TPSA) is 3.24 Å². The molecule has 13 aromatic carbocycles. The van der Waals surface area contributed by atoms with Gasteiger partial charge in [0.1, 0.15) is 0 Å². The highest BCUT2D eigenvalue weighted by Gasteiger charge is 2.52. The summed E-state index contributed by atoms with van der Waals surface area (Å²) < 4.78 is 0. The van der Waals surface area contributed by atoms with Crippen LogP contribution in [0.4, 0.5) is 17.1 Å². The summed E-state index contributed by atoms with van der Waals surface area (Å²) in [7, 11) is 0. The van der Waals surface area contributed by atoms with Crippen LogP contribution in [-0.2, 0) is 5.41 Å². The molecule has 1 nitrogen and oxygen atoms in total. The Morgan fingerprint density at radius 2 is 0.662 bits per heavy atom. The fourth-order valence-electron chi connectivity index (χ4n) is 12.6. The average Bonchev–Trinajstić information content (AvgIpc) is 3.87. The Morgan fingerprint density at radius 1 is 0.221 bits per heavy atom. The number of anilines is 3. The summed E-state index contributed by atoms with van der Waals surface area (Å²) in [5, 5.41) is 15.0. The summed E-state index contributed by atoms with van der Waals surface area (Å²) in [5.74, 6) is 0. The van der Waals surface area contributed by atoms with Gasteiger partial charge in [0.15, 0.2) is 0 Å². The lowest BCUT2D eigenvalue weighted by molar-refractivity contribution is 0.794. The van der Waals surface area contributed by atoms with Crippen LogP contribution in [0.5, 0.6) is 0 Å². The van der Waals surface area contributed by atoms with Crippen LogP contribution >= 0.6 is 0 Å². The molecule has 0 saturated carbocycles. The minimum atomic E-state index is -0.522. The fraction of sp³-hybridized carbons (Fsp3) is 0.0149. The molecule has 15 rings (SSSR count). The Hall–Kier alpha value is -8.78. The second kappa shape index (κ2) is 14.1. The van der Waals surface area contributed by atoms with E-state index in [4.69, 9.17) is 0 Å². The van der Waals surface area contributed by atoms with Crippen LogP contribution < -0.4 is 4.90 Å². The van der Waals surface area contributed by atoms with Gasteiger partial charge in [-0.15, -0.1) is 0 Å². The van der Waals surface area contributed by atoms with Gasteiger partial charge in [0.25, 0.3) is 0 Å². The SMILES string of the molecule is c1ccc2c(c1)-c1ccccc1C21c2ccccc2-c2cc(-c3cc4ccccc4c4ccccc34)c(N(c3ccc4ccccc4c3)c3ccc4c5ccccc5c5ccccc5c4c3)cc21. The summed E-state index contributed by atoms with van der Waals surface area (Å²) in [4.78, 5) is 2.57. The Labute approximate surface area is 394 Å². The van der Waals surface area contributed by atoms with Crippen LogP contribution in [0.1, 0.15) is 22.3 Å². The Kier molecular flexibility index (Phi) is 7.77. The minimum Gasteiger partial charge on any atom is -0.310 e. The molecular weight excluding hydrogens is 819 g/mol. The first-order valence-electron chi connectivity index (χ1n) is 23.7. The standard InChI is InChI=1S/C67H41N/c1-2-18-43-37-45(34-33-42(43)17-1)68(46-35-36-54-51-24-7-6-22-49(51)50-23-8-10-26-53(50)59(54)39-46)66-41-65-60(40-61(66)58-38-44-19-3-4-20-47(44)48-21-5-9-25-52(48)58)57-29-13-16-32-64(57)67(65)62-30-14-11-27-55(62)56-28-12-15-31-63(56)67/h1-41H. The summed E-state index contributed by atoms with van der Waals surface area (Å²) >= 11 is 0. The first-order chi connectivity index (χ1) is 33.7. The maximum absolute atomic E-state index is 2.59. The largest absolute Gasteiger partial charge is 0.310 e. The molecule has 13 aromatic rings. The molecule has 0 amide bonds. The molecule has 0 N–H and O–H groups in total. The average molecular weight is 860 g/mol. The zero-order chi connectivity index (χ0) is 44.5. The third-order valence-corrected chi connectivity index (χ3v) is 15.4. The van der Waals surface area contributed by atoms with Crippen LogP contribution in [0, 0.1) is 0 Å².